The van der Waals surface area contributed by atoms with E-state index in [9.17, 15) is 9.59 Å². The van der Waals surface area contributed by atoms with Crippen LogP contribution < -0.4 is 15.4 Å². The molecule has 0 atom stereocenters. The van der Waals surface area contributed by atoms with Gasteiger partial charge in [0, 0.05) is 49.6 Å². The van der Waals surface area contributed by atoms with E-state index in [0.717, 1.165) is 91.0 Å². The fourth-order valence-corrected chi connectivity index (χ4v) is 5.89. The molecule has 0 unspecified atom stereocenters. The normalized spacial score (nSPS) is 13.9. The Morgan fingerprint density at radius 3 is 2.42 bits per heavy atom. The quantitative estimate of drug-likeness (QED) is 0.101. The van der Waals surface area contributed by atoms with Gasteiger partial charge in [-0.3, -0.25) is 19.6 Å². The summed E-state index contributed by atoms with van der Waals surface area (Å²) >= 11 is 0. The second-order valence-corrected chi connectivity index (χ2v) is 13.1. The van der Waals surface area contributed by atoms with Crippen LogP contribution in [-0.2, 0) is 41.7 Å². The number of carbonyl (C=O) groups is 2. The number of benzene rings is 2. The summed E-state index contributed by atoms with van der Waals surface area (Å²) in [5.74, 6) is 0.758. The molecule has 7 nitrogen and oxygen atoms in total. The van der Waals surface area contributed by atoms with E-state index in [2.05, 4.69) is 79.4 Å². The number of allylic oxidation sites excluding steroid dienone is 4. The topological polar surface area (TPSA) is 92.7 Å². The van der Waals surface area contributed by atoms with Crippen LogP contribution in [0.3, 0.4) is 0 Å². The first-order valence-corrected chi connectivity index (χ1v) is 18.1. The van der Waals surface area contributed by atoms with E-state index in [1.165, 1.54) is 16.7 Å². The Morgan fingerprint density at radius 2 is 1.66 bits per heavy atom. The zero-order chi connectivity index (χ0) is 35.6. The Morgan fingerprint density at radius 1 is 0.900 bits per heavy atom. The van der Waals surface area contributed by atoms with E-state index in [1.807, 2.05) is 42.5 Å². The van der Waals surface area contributed by atoms with Gasteiger partial charge in [0.15, 0.2) is 0 Å². The number of unbranched alkanes of at least 4 members (excludes halogenated alkanes) is 1. The minimum Gasteiger partial charge on any atom is -0.493 e. The van der Waals surface area contributed by atoms with Crippen molar-refractivity contribution < 1.29 is 14.3 Å². The number of nitrogens with one attached hydrogen (secondary N) is 2. The van der Waals surface area contributed by atoms with Crippen molar-refractivity contribution in [3.63, 3.8) is 0 Å². The summed E-state index contributed by atoms with van der Waals surface area (Å²) in [5, 5.41) is 6.07. The van der Waals surface area contributed by atoms with Crippen molar-refractivity contribution in [1.82, 2.24) is 15.6 Å². The number of aryl methyl sites for hydroxylation is 2. The predicted molar refractivity (Wildman–Crippen MR) is 205 cm³/mol. The summed E-state index contributed by atoms with van der Waals surface area (Å²) in [6.07, 6.45) is 14.5. The highest BCUT2D eigenvalue weighted by Gasteiger charge is 2.09. The number of hydrogen-bond donors (Lipinski definition) is 2. The fraction of sp³-hybridized carbons (Fsp3) is 0.395. The molecule has 7 heteroatoms. The van der Waals surface area contributed by atoms with Gasteiger partial charge in [-0.15, -0.1) is 6.58 Å². The summed E-state index contributed by atoms with van der Waals surface area (Å²) in [4.78, 5) is 34.4. The number of hydrogen-bond acceptors (Lipinski definition) is 5. The number of amides is 2. The van der Waals surface area contributed by atoms with Gasteiger partial charge in [-0.25, -0.2) is 0 Å². The average molecular weight is 675 g/mol. The van der Waals surface area contributed by atoms with Crippen molar-refractivity contribution in [3.05, 3.63) is 130 Å². The molecule has 50 heavy (non-hydrogen) atoms. The van der Waals surface area contributed by atoms with Crippen LogP contribution in [0.2, 0.25) is 0 Å². The predicted octanol–water partition coefficient (Wildman–Crippen LogP) is 7.60. The minimum absolute atomic E-state index is 0.0192. The highest BCUT2D eigenvalue weighted by atomic mass is 16.5. The number of aliphatic imine (C=N–C) groups is 1. The minimum atomic E-state index is -0.0192. The van der Waals surface area contributed by atoms with E-state index in [4.69, 9.17) is 9.72 Å². The van der Waals surface area contributed by atoms with Gasteiger partial charge in [0.25, 0.3) is 0 Å². The first kappa shape index (κ1) is 38.0. The van der Waals surface area contributed by atoms with E-state index < -0.39 is 0 Å². The third-order valence-corrected chi connectivity index (χ3v) is 8.95. The molecule has 2 N–H and O–H groups in total. The molecule has 1 aliphatic heterocycles. The molecule has 0 radical (unpaired) electrons. The Hall–Kier alpha value is -4.78. The molecule has 0 aliphatic carbocycles. The van der Waals surface area contributed by atoms with Crippen molar-refractivity contribution >= 4 is 17.5 Å². The molecule has 4 rings (SSSR count). The zero-order valence-electron chi connectivity index (χ0n) is 30.2. The Bertz CT molecular complexity index is 1670. The Labute approximate surface area is 299 Å². The lowest BCUT2D eigenvalue weighted by atomic mass is 10.0. The van der Waals surface area contributed by atoms with Crippen molar-refractivity contribution in [3.8, 4) is 5.75 Å². The van der Waals surface area contributed by atoms with Crippen LogP contribution in [0.5, 0.6) is 5.75 Å². The zero-order valence-corrected chi connectivity index (χ0v) is 30.2. The third-order valence-electron chi connectivity index (χ3n) is 8.95. The van der Waals surface area contributed by atoms with Crippen LogP contribution in [0, 0.1) is 6.92 Å². The monoisotopic (exact) mass is 674 g/mol. The van der Waals surface area contributed by atoms with Gasteiger partial charge in [0.1, 0.15) is 5.75 Å². The second-order valence-electron chi connectivity index (χ2n) is 13.1. The van der Waals surface area contributed by atoms with Crippen LogP contribution >= 0.6 is 0 Å². The number of carbonyl (C=O) groups excluding carboxylic acids is 2. The van der Waals surface area contributed by atoms with Crippen LogP contribution in [0.15, 0.2) is 102 Å². The maximum absolute atomic E-state index is 12.6. The largest absolute Gasteiger partial charge is 0.493 e. The summed E-state index contributed by atoms with van der Waals surface area (Å²) in [5.41, 5.74) is 10.1. The molecule has 0 bridgehead atoms. The maximum Gasteiger partial charge on any atom is 0.224 e. The lowest BCUT2D eigenvalue weighted by Gasteiger charge is -2.11. The standard InChI is InChI=1S/C43H54N4O3/c1-5-6-7-11-39-20-21-40(47-34(39)4)23-27-46-43(49)31-37-10-8-13-41(29-37)50-28-24-35-15-17-36(18-16-35)30-42(48)45-26-22-32(2)14-19-38-12-9-25-44-33(38)3/h5,8,10,13-21,29H,1,6-7,9,11-12,22-28,30-31H2,2-4H3,(H,45,48)(H,46,49)/b32-14?,38-19-. The van der Waals surface area contributed by atoms with Gasteiger partial charge in [0.2, 0.25) is 11.8 Å². The van der Waals surface area contributed by atoms with E-state index in [-0.39, 0.29) is 11.8 Å². The van der Waals surface area contributed by atoms with Crippen molar-refractivity contribution in [2.75, 3.05) is 26.2 Å². The van der Waals surface area contributed by atoms with Crippen molar-refractivity contribution in [1.29, 1.82) is 0 Å². The molecule has 264 valence electrons. The number of aromatic nitrogens is 1. The smallest absolute Gasteiger partial charge is 0.224 e. The van der Waals surface area contributed by atoms with Crippen LogP contribution in [0.25, 0.3) is 0 Å². The molecule has 1 aliphatic rings. The van der Waals surface area contributed by atoms with Gasteiger partial charge in [-0.1, -0.05) is 66.3 Å². The maximum atomic E-state index is 12.6. The van der Waals surface area contributed by atoms with Crippen molar-refractivity contribution in [2.45, 2.75) is 85.0 Å². The molecule has 0 saturated carbocycles. The third kappa shape index (κ3) is 13.6. The van der Waals surface area contributed by atoms with Gasteiger partial charge >= 0.3 is 0 Å². The first-order valence-electron chi connectivity index (χ1n) is 18.1. The molecule has 2 heterocycles. The molecule has 0 fully saturated rings. The van der Waals surface area contributed by atoms with E-state index in [0.29, 0.717) is 39.0 Å². The number of pyridine rings is 1. The molecule has 3 aromatic rings. The molecule has 2 amide bonds. The molecular weight excluding hydrogens is 620 g/mol. The lowest BCUT2D eigenvalue weighted by Crippen LogP contribution is -2.27. The highest BCUT2D eigenvalue weighted by Crippen LogP contribution is 2.17. The van der Waals surface area contributed by atoms with Gasteiger partial charge in [-0.05, 0) is 105 Å². The Kier molecular flexibility index (Phi) is 15.7. The van der Waals surface area contributed by atoms with E-state index >= 15 is 0 Å². The van der Waals surface area contributed by atoms with Crippen molar-refractivity contribution in [2.24, 2.45) is 4.99 Å². The molecular formula is C43H54N4O3. The van der Waals surface area contributed by atoms with Gasteiger partial charge < -0.3 is 15.4 Å². The Balaban J connectivity index is 1.11. The number of rotatable bonds is 19. The van der Waals surface area contributed by atoms with Crippen LogP contribution in [0.4, 0.5) is 0 Å². The van der Waals surface area contributed by atoms with Gasteiger partial charge in [-0.2, -0.15) is 0 Å². The molecule has 0 saturated heterocycles. The highest BCUT2D eigenvalue weighted by molar-refractivity contribution is 5.98. The summed E-state index contributed by atoms with van der Waals surface area (Å²) in [7, 11) is 0. The summed E-state index contributed by atoms with van der Waals surface area (Å²) in [6.45, 7) is 12.6. The summed E-state index contributed by atoms with van der Waals surface area (Å²) in [6, 6.07) is 20.1. The summed E-state index contributed by atoms with van der Waals surface area (Å²) < 4.78 is 6.02. The fourth-order valence-electron chi connectivity index (χ4n) is 5.89. The van der Waals surface area contributed by atoms with Crippen LogP contribution in [-0.4, -0.2) is 48.8 Å². The number of ether oxygens (including phenoxy) is 1. The van der Waals surface area contributed by atoms with E-state index in [1.54, 1.807) is 0 Å². The first-order chi connectivity index (χ1) is 24.3. The average Bonchev–Trinajstić information content (AvgIpc) is 3.10. The SMILES string of the molecule is C=CCCCc1ccc(CCNC(=O)Cc2cccc(OCCc3ccc(CC(=O)NCCC(C)=C/C=C4/CCCN=C4C)cc3)c2)nc1C. The molecule has 2 aromatic carbocycles. The molecule has 0 spiro atoms. The van der Waals surface area contributed by atoms with Gasteiger partial charge in [0.05, 0.1) is 19.4 Å². The van der Waals surface area contributed by atoms with Crippen LogP contribution in [0.1, 0.15) is 79.6 Å². The lowest BCUT2D eigenvalue weighted by molar-refractivity contribution is -0.121. The number of nitrogens with zero attached hydrogens (tertiary/aromatic N) is 2. The molecule has 1 aromatic heterocycles. The second kappa shape index (κ2) is 20.7.